The zero-order valence-electron chi connectivity index (χ0n) is 19.8. The summed E-state index contributed by atoms with van der Waals surface area (Å²) in [6, 6.07) is 11.9. The third-order valence-electron chi connectivity index (χ3n) is 6.88. The quantitative estimate of drug-likeness (QED) is 0.621. The van der Waals surface area contributed by atoms with Crippen LogP contribution >= 0.6 is 0 Å². The number of fused-ring (bicyclic) bond motifs is 1. The van der Waals surface area contributed by atoms with E-state index in [1.165, 1.54) is 4.90 Å². The number of ether oxygens (including phenoxy) is 1. The number of nitrogens with one attached hydrogen (secondary N) is 1. The number of carbonyl (C=O) groups is 4. The number of piperidine rings is 1. The maximum Gasteiger partial charge on any atom is 0.261 e. The second kappa shape index (κ2) is 9.52. The molecular weight excluding hydrogens is 446 g/mol. The highest BCUT2D eigenvalue weighted by Gasteiger charge is 2.36. The average Bonchev–Trinajstić information content (AvgIpc) is 3.70. The molecule has 1 saturated carbocycles. The van der Waals surface area contributed by atoms with Gasteiger partial charge in [0.05, 0.1) is 29.8 Å². The summed E-state index contributed by atoms with van der Waals surface area (Å²) in [5.74, 6) is -0.0212. The van der Waals surface area contributed by atoms with Crippen molar-refractivity contribution in [3.63, 3.8) is 0 Å². The van der Waals surface area contributed by atoms with Gasteiger partial charge in [-0.25, -0.2) is 0 Å². The predicted octanol–water partition coefficient (Wildman–Crippen LogP) is 3.01. The second-order valence-corrected chi connectivity index (χ2v) is 9.35. The van der Waals surface area contributed by atoms with Crippen molar-refractivity contribution < 1.29 is 23.9 Å². The second-order valence-electron chi connectivity index (χ2n) is 9.35. The average molecular weight is 476 g/mol. The summed E-state index contributed by atoms with van der Waals surface area (Å²) >= 11 is 0. The molecule has 8 heteroatoms. The van der Waals surface area contributed by atoms with E-state index in [1.54, 1.807) is 42.5 Å². The molecule has 0 spiro atoms. The third kappa shape index (κ3) is 4.65. The minimum atomic E-state index is -0.335. The summed E-state index contributed by atoms with van der Waals surface area (Å²) in [4.78, 5) is 54.1. The molecule has 4 amide bonds. The molecule has 2 aliphatic heterocycles. The lowest BCUT2D eigenvalue weighted by Crippen LogP contribution is -2.47. The van der Waals surface area contributed by atoms with Crippen molar-refractivity contribution in [1.29, 1.82) is 0 Å². The smallest absolute Gasteiger partial charge is 0.261 e. The van der Waals surface area contributed by atoms with E-state index in [0.717, 1.165) is 12.8 Å². The molecule has 2 aromatic carbocycles. The number of likely N-dealkylation sites (tertiary alicyclic amines) is 1. The van der Waals surface area contributed by atoms with Crippen molar-refractivity contribution in [1.82, 2.24) is 15.1 Å². The monoisotopic (exact) mass is 475 g/mol. The summed E-state index contributed by atoms with van der Waals surface area (Å²) in [7, 11) is 0. The van der Waals surface area contributed by atoms with Crippen molar-refractivity contribution in [2.24, 2.45) is 5.92 Å². The van der Waals surface area contributed by atoms with Gasteiger partial charge < -0.3 is 15.0 Å². The Balaban J connectivity index is 1.28. The van der Waals surface area contributed by atoms with Gasteiger partial charge in [-0.05, 0) is 62.4 Å². The van der Waals surface area contributed by atoms with Crippen LogP contribution in [0.3, 0.4) is 0 Å². The van der Waals surface area contributed by atoms with E-state index >= 15 is 0 Å². The Bertz CT molecular complexity index is 1150. The van der Waals surface area contributed by atoms with Crippen molar-refractivity contribution in [2.75, 3.05) is 19.7 Å². The number of hydrogen-bond donors (Lipinski definition) is 1. The van der Waals surface area contributed by atoms with E-state index in [9.17, 15) is 19.2 Å². The van der Waals surface area contributed by atoms with Gasteiger partial charge in [0, 0.05) is 25.0 Å². The molecule has 5 rings (SSSR count). The zero-order valence-corrected chi connectivity index (χ0v) is 19.8. The van der Waals surface area contributed by atoms with E-state index in [1.807, 2.05) is 11.8 Å². The van der Waals surface area contributed by atoms with Crippen molar-refractivity contribution in [2.45, 2.75) is 45.2 Å². The molecule has 0 atom stereocenters. The molecule has 0 unspecified atom stereocenters. The molecule has 0 aromatic heterocycles. The van der Waals surface area contributed by atoms with Crippen LogP contribution in [0.15, 0.2) is 42.5 Å². The fraction of sp³-hybridized carbons (Fsp3) is 0.407. The topological polar surface area (TPSA) is 96.0 Å². The van der Waals surface area contributed by atoms with Crippen LogP contribution in [-0.4, -0.2) is 59.2 Å². The maximum atomic E-state index is 13.2. The van der Waals surface area contributed by atoms with Crippen molar-refractivity contribution in [3.8, 4) is 5.75 Å². The fourth-order valence-electron chi connectivity index (χ4n) is 4.80. The molecule has 1 aliphatic carbocycles. The summed E-state index contributed by atoms with van der Waals surface area (Å²) in [6.07, 6.45) is 3.41. The van der Waals surface area contributed by atoms with E-state index in [0.29, 0.717) is 60.5 Å². The van der Waals surface area contributed by atoms with E-state index in [4.69, 9.17) is 4.74 Å². The lowest BCUT2D eigenvalue weighted by molar-refractivity contribution is -0.133. The molecule has 0 radical (unpaired) electrons. The van der Waals surface area contributed by atoms with Gasteiger partial charge in [-0.15, -0.1) is 0 Å². The first-order chi connectivity index (χ1) is 17.0. The van der Waals surface area contributed by atoms with Gasteiger partial charge in [-0.3, -0.25) is 24.1 Å². The minimum absolute atomic E-state index is 0.0277. The summed E-state index contributed by atoms with van der Waals surface area (Å²) in [5.41, 5.74) is 1.83. The van der Waals surface area contributed by atoms with Gasteiger partial charge in [0.15, 0.2) is 0 Å². The maximum absolute atomic E-state index is 13.2. The van der Waals surface area contributed by atoms with Gasteiger partial charge in [-0.1, -0.05) is 18.2 Å². The Labute approximate surface area is 204 Å². The molecule has 3 aliphatic rings. The number of amides is 4. The van der Waals surface area contributed by atoms with E-state index < -0.39 is 0 Å². The number of rotatable bonds is 7. The number of nitrogens with zero attached hydrogens (tertiary/aromatic N) is 2. The number of carbonyl (C=O) groups excluding carboxylic acids is 4. The highest BCUT2D eigenvalue weighted by molar-refractivity contribution is 6.21. The Morgan fingerprint density at radius 3 is 2.23 bits per heavy atom. The highest BCUT2D eigenvalue weighted by atomic mass is 16.5. The van der Waals surface area contributed by atoms with Crippen LogP contribution in [0.4, 0.5) is 0 Å². The molecule has 2 fully saturated rings. The molecule has 1 N–H and O–H groups in total. The third-order valence-corrected chi connectivity index (χ3v) is 6.88. The van der Waals surface area contributed by atoms with Crippen LogP contribution in [0.5, 0.6) is 5.75 Å². The van der Waals surface area contributed by atoms with Crippen LogP contribution in [0.25, 0.3) is 0 Å². The molecule has 182 valence electrons. The Morgan fingerprint density at radius 1 is 0.971 bits per heavy atom. The standard InChI is InChI=1S/C27H29N3O5/c1-2-35-23-10-7-17(16-30-26(33)20-5-3-4-6-21(20)27(30)34)15-22(23)24(31)28-19-11-13-29(14-12-19)25(32)18-8-9-18/h3-7,10,15,18-19H,2,8-9,11-14,16H2,1H3,(H,28,31). The van der Waals surface area contributed by atoms with Crippen molar-refractivity contribution in [3.05, 3.63) is 64.7 Å². The van der Waals surface area contributed by atoms with Crippen molar-refractivity contribution >= 4 is 23.6 Å². The minimum Gasteiger partial charge on any atom is -0.493 e. The fourth-order valence-corrected chi connectivity index (χ4v) is 4.80. The first-order valence-electron chi connectivity index (χ1n) is 12.3. The van der Waals surface area contributed by atoms with Crippen LogP contribution in [0.2, 0.25) is 0 Å². The Morgan fingerprint density at radius 2 is 1.63 bits per heavy atom. The highest BCUT2D eigenvalue weighted by Crippen LogP contribution is 2.32. The molecule has 35 heavy (non-hydrogen) atoms. The Kier molecular flexibility index (Phi) is 6.28. The van der Waals surface area contributed by atoms with Gasteiger partial charge in [0.1, 0.15) is 5.75 Å². The van der Waals surface area contributed by atoms with Crippen LogP contribution in [0.1, 0.15) is 69.2 Å². The molecule has 0 bridgehead atoms. The zero-order chi connectivity index (χ0) is 24.5. The SMILES string of the molecule is CCOc1ccc(CN2C(=O)c3ccccc3C2=O)cc1C(=O)NC1CCN(C(=O)C2CC2)CC1. The number of benzene rings is 2. The van der Waals surface area contributed by atoms with Gasteiger partial charge in [0.25, 0.3) is 17.7 Å². The molecule has 2 aromatic rings. The largest absolute Gasteiger partial charge is 0.493 e. The molecule has 2 heterocycles. The van der Waals surface area contributed by atoms with Crippen LogP contribution in [0, 0.1) is 5.92 Å². The molecular formula is C27H29N3O5. The number of imide groups is 1. The van der Waals surface area contributed by atoms with Gasteiger partial charge >= 0.3 is 0 Å². The first kappa shape index (κ1) is 23.1. The predicted molar refractivity (Wildman–Crippen MR) is 128 cm³/mol. The summed E-state index contributed by atoms with van der Waals surface area (Å²) < 4.78 is 5.69. The van der Waals surface area contributed by atoms with E-state index in [-0.39, 0.29) is 42.1 Å². The van der Waals surface area contributed by atoms with Gasteiger partial charge in [0.2, 0.25) is 5.91 Å². The lowest BCUT2D eigenvalue weighted by Gasteiger charge is -2.32. The normalized spacial score (nSPS) is 18.0. The first-order valence-corrected chi connectivity index (χ1v) is 12.3. The number of hydrogen-bond acceptors (Lipinski definition) is 5. The summed E-state index contributed by atoms with van der Waals surface area (Å²) in [6.45, 7) is 3.62. The molecule has 8 nitrogen and oxygen atoms in total. The van der Waals surface area contributed by atoms with Crippen LogP contribution < -0.4 is 10.1 Å². The summed E-state index contributed by atoms with van der Waals surface area (Å²) in [5, 5.41) is 3.09. The van der Waals surface area contributed by atoms with E-state index in [2.05, 4.69) is 5.32 Å². The van der Waals surface area contributed by atoms with Gasteiger partial charge in [-0.2, -0.15) is 0 Å². The van der Waals surface area contributed by atoms with Crippen LogP contribution in [-0.2, 0) is 11.3 Å². The molecule has 1 saturated heterocycles. The Hall–Kier alpha value is -3.68. The lowest BCUT2D eigenvalue weighted by atomic mass is 10.0.